The molecule has 6 heteroatoms. The minimum absolute atomic E-state index is 0.0459. The summed E-state index contributed by atoms with van der Waals surface area (Å²) in [5.74, 6) is -1.91. The molecule has 1 rings (SSSR count). The van der Waals surface area contributed by atoms with Crippen LogP contribution in [0.15, 0.2) is 0 Å². The zero-order valence-electron chi connectivity index (χ0n) is 7.77. The molecule has 1 heterocycles. The number of nitrogens with two attached hydrogens (primary N) is 1. The van der Waals surface area contributed by atoms with Gasteiger partial charge in [0.25, 0.3) is 0 Å². The number of hydrogen-bond acceptors (Lipinski definition) is 4. The third-order valence-corrected chi connectivity index (χ3v) is 2.53. The normalized spacial score (nSPS) is 21.8. The lowest BCUT2D eigenvalue weighted by Crippen LogP contribution is -2.56. The van der Waals surface area contributed by atoms with E-state index in [9.17, 15) is 9.59 Å². The van der Waals surface area contributed by atoms with Crippen molar-refractivity contribution in [3.63, 3.8) is 0 Å². The summed E-state index contributed by atoms with van der Waals surface area (Å²) in [7, 11) is 0. The van der Waals surface area contributed by atoms with Gasteiger partial charge in [-0.2, -0.15) is 0 Å². The first-order valence-electron chi connectivity index (χ1n) is 4.40. The van der Waals surface area contributed by atoms with E-state index in [2.05, 4.69) is 0 Å². The van der Waals surface area contributed by atoms with Crippen LogP contribution in [0.25, 0.3) is 0 Å². The number of carbonyl (C=O) groups is 2. The van der Waals surface area contributed by atoms with Gasteiger partial charge in [-0.15, -0.1) is 0 Å². The average Bonchev–Trinajstić information content (AvgIpc) is 2.08. The van der Waals surface area contributed by atoms with E-state index in [-0.39, 0.29) is 6.54 Å². The molecule has 0 spiro atoms. The number of carboxylic acid groups (broad SMARTS) is 2. The maximum Gasteiger partial charge on any atom is 0.323 e. The summed E-state index contributed by atoms with van der Waals surface area (Å²) in [4.78, 5) is 22.8. The molecule has 1 fully saturated rings. The number of piperidine rings is 1. The molecule has 0 aromatic heterocycles. The van der Waals surface area contributed by atoms with Crippen LogP contribution in [0.3, 0.4) is 0 Å². The molecule has 6 nitrogen and oxygen atoms in total. The van der Waals surface area contributed by atoms with E-state index in [1.807, 2.05) is 0 Å². The number of carboxylic acids is 2. The molecule has 1 saturated heterocycles. The van der Waals surface area contributed by atoms with Gasteiger partial charge in [-0.05, 0) is 12.8 Å². The Labute approximate surface area is 81.3 Å². The Morgan fingerprint density at radius 2 is 1.79 bits per heavy atom. The molecule has 0 saturated carbocycles. The van der Waals surface area contributed by atoms with Crippen LogP contribution in [0.2, 0.25) is 0 Å². The molecule has 1 aliphatic rings. The summed E-state index contributed by atoms with van der Waals surface area (Å²) in [6, 6.07) is 0. The summed E-state index contributed by atoms with van der Waals surface area (Å²) < 4.78 is 0. The molecule has 1 aliphatic heterocycles. The van der Waals surface area contributed by atoms with Crippen molar-refractivity contribution in [3.8, 4) is 0 Å². The SMILES string of the molecule is NC1(C(=O)O)CCN(CC(=O)O)CC1. The van der Waals surface area contributed by atoms with Crippen LogP contribution in [0.4, 0.5) is 0 Å². The first kappa shape index (κ1) is 10.9. The van der Waals surface area contributed by atoms with Gasteiger partial charge in [-0.25, -0.2) is 0 Å². The molecule has 0 aromatic rings. The summed E-state index contributed by atoms with van der Waals surface area (Å²) >= 11 is 0. The minimum atomic E-state index is -1.17. The van der Waals surface area contributed by atoms with Crippen LogP contribution in [-0.4, -0.2) is 52.2 Å². The van der Waals surface area contributed by atoms with Crippen LogP contribution in [0.1, 0.15) is 12.8 Å². The maximum atomic E-state index is 10.7. The molecule has 0 atom stereocenters. The highest BCUT2D eigenvalue weighted by Gasteiger charge is 2.37. The van der Waals surface area contributed by atoms with E-state index >= 15 is 0 Å². The molecule has 0 radical (unpaired) electrons. The Balaban J connectivity index is 2.45. The highest BCUT2D eigenvalue weighted by molar-refractivity contribution is 5.78. The summed E-state index contributed by atoms with van der Waals surface area (Å²) in [5.41, 5.74) is 4.45. The van der Waals surface area contributed by atoms with E-state index in [4.69, 9.17) is 15.9 Å². The first-order chi connectivity index (χ1) is 6.44. The predicted molar refractivity (Wildman–Crippen MR) is 47.9 cm³/mol. The monoisotopic (exact) mass is 202 g/mol. The van der Waals surface area contributed by atoms with Crippen LogP contribution in [0.5, 0.6) is 0 Å². The molecule has 14 heavy (non-hydrogen) atoms. The molecular formula is C8H14N2O4. The topological polar surface area (TPSA) is 104 Å². The van der Waals surface area contributed by atoms with Crippen molar-refractivity contribution in [2.45, 2.75) is 18.4 Å². The van der Waals surface area contributed by atoms with Crippen molar-refractivity contribution >= 4 is 11.9 Å². The van der Waals surface area contributed by atoms with Gasteiger partial charge >= 0.3 is 11.9 Å². The van der Waals surface area contributed by atoms with Crippen LogP contribution < -0.4 is 5.73 Å². The second kappa shape index (κ2) is 3.93. The maximum absolute atomic E-state index is 10.7. The Morgan fingerprint density at radius 1 is 1.29 bits per heavy atom. The fraction of sp³-hybridized carbons (Fsp3) is 0.750. The van der Waals surface area contributed by atoms with Gasteiger partial charge in [0.2, 0.25) is 0 Å². The Hall–Kier alpha value is -1.14. The zero-order valence-corrected chi connectivity index (χ0v) is 7.77. The first-order valence-corrected chi connectivity index (χ1v) is 4.40. The average molecular weight is 202 g/mol. The standard InChI is InChI=1S/C8H14N2O4/c9-8(7(13)14)1-3-10(4-2-8)5-6(11)12/h1-5,9H2,(H,11,12)(H,13,14). The van der Waals surface area contributed by atoms with Gasteiger partial charge in [0, 0.05) is 13.1 Å². The highest BCUT2D eigenvalue weighted by Crippen LogP contribution is 2.19. The second-order valence-electron chi connectivity index (χ2n) is 3.63. The molecular weight excluding hydrogens is 188 g/mol. The second-order valence-corrected chi connectivity index (χ2v) is 3.63. The number of rotatable bonds is 3. The minimum Gasteiger partial charge on any atom is -0.480 e. The summed E-state index contributed by atoms with van der Waals surface area (Å²) in [6.45, 7) is 0.805. The van der Waals surface area contributed by atoms with Gasteiger partial charge in [-0.1, -0.05) is 0 Å². The number of nitrogens with zero attached hydrogens (tertiary/aromatic N) is 1. The summed E-state index contributed by atoms with van der Waals surface area (Å²) in [6.07, 6.45) is 0.602. The Kier molecular flexibility index (Phi) is 3.07. The fourth-order valence-corrected chi connectivity index (χ4v) is 1.52. The Morgan fingerprint density at radius 3 is 2.14 bits per heavy atom. The van der Waals surface area contributed by atoms with E-state index in [0.717, 1.165) is 0 Å². The molecule has 0 aromatic carbocycles. The van der Waals surface area contributed by atoms with E-state index in [1.165, 1.54) is 0 Å². The van der Waals surface area contributed by atoms with Crippen LogP contribution in [-0.2, 0) is 9.59 Å². The largest absolute Gasteiger partial charge is 0.480 e. The van der Waals surface area contributed by atoms with Crippen molar-refractivity contribution in [2.24, 2.45) is 5.73 Å². The Bertz CT molecular complexity index is 246. The molecule has 4 N–H and O–H groups in total. The van der Waals surface area contributed by atoms with Crippen molar-refractivity contribution in [1.82, 2.24) is 4.90 Å². The number of likely N-dealkylation sites (tertiary alicyclic amines) is 1. The van der Waals surface area contributed by atoms with Crippen molar-refractivity contribution in [2.75, 3.05) is 19.6 Å². The van der Waals surface area contributed by atoms with Gasteiger partial charge < -0.3 is 15.9 Å². The lowest BCUT2D eigenvalue weighted by Gasteiger charge is -2.35. The number of aliphatic carboxylic acids is 2. The molecule has 80 valence electrons. The molecule has 0 aliphatic carbocycles. The molecule has 0 amide bonds. The summed E-state index contributed by atoms with van der Waals surface area (Å²) in [5, 5.41) is 17.3. The molecule has 0 bridgehead atoms. The smallest absolute Gasteiger partial charge is 0.323 e. The van der Waals surface area contributed by atoms with Gasteiger partial charge in [-0.3, -0.25) is 14.5 Å². The van der Waals surface area contributed by atoms with E-state index in [0.29, 0.717) is 25.9 Å². The fourth-order valence-electron chi connectivity index (χ4n) is 1.52. The zero-order chi connectivity index (χ0) is 10.8. The quantitative estimate of drug-likeness (QED) is 0.539. The van der Waals surface area contributed by atoms with Crippen molar-refractivity contribution in [3.05, 3.63) is 0 Å². The van der Waals surface area contributed by atoms with E-state index < -0.39 is 17.5 Å². The van der Waals surface area contributed by atoms with Crippen molar-refractivity contribution < 1.29 is 19.8 Å². The third kappa shape index (κ3) is 2.43. The van der Waals surface area contributed by atoms with Gasteiger partial charge in [0.05, 0.1) is 6.54 Å². The van der Waals surface area contributed by atoms with Gasteiger partial charge in [0.15, 0.2) is 0 Å². The highest BCUT2D eigenvalue weighted by atomic mass is 16.4. The lowest BCUT2D eigenvalue weighted by molar-refractivity contribution is -0.145. The van der Waals surface area contributed by atoms with Crippen LogP contribution >= 0.6 is 0 Å². The van der Waals surface area contributed by atoms with Crippen molar-refractivity contribution in [1.29, 1.82) is 0 Å². The van der Waals surface area contributed by atoms with Crippen LogP contribution in [0, 0.1) is 0 Å². The number of hydrogen-bond donors (Lipinski definition) is 3. The predicted octanol–water partition coefficient (Wildman–Crippen LogP) is -1.05. The third-order valence-electron chi connectivity index (χ3n) is 2.53. The molecule has 0 unspecified atom stereocenters. The lowest BCUT2D eigenvalue weighted by atomic mass is 9.89. The van der Waals surface area contributed by atoms with Gasteiger partial charge in [0.1, 0.15) is 5.54 Å². The van der Waals surface area contributed by atoms with E-state index in [1.54, 1.807) is 4.90 Å².